The molecule has 84 valence electrons. The second-order valence-corrected chi connectivity index (χ2v) is 5.37. The van der Waals surface area contributed by atoms with E-state index in [1.807, 2.05) is 0 Å². The molecule has 2 unspecified atom stereocenters. The van der Waals surface area contributed by atoms with E-state index in [1.165, 1.54) is 0 Å². The van der Waals surface area contributed by atoms with Crippen molar-refractivity contribution < 1.29 is 4.74 Å². The lowest BCUT2D eigenvalue weighted by Gasteiger charge is -2.45. The lowest BCUT2D eigenvalue weighted by atomic mass is 9.73. The summed E-state index contributed by atoms with van der Waals surface area (Å²) >= 11 is 0. The number of hydrogen-bond donors (Lipinski definition) is 0. The van der Waals surface area contributed by atoms with Crippen LogP contribution in [0.4, 0.5) is 0 Å². The fourth-order valence-corrected chi connectivity index (χ4v) is 2.80. The van der Waals surface area contributed by atoms with Gasteiger partial charge < -0.3 is 4.74 Å². The van der Waals surface area contributed by atoms with Crippen molar-refractivity contribution in [3.63, 3.8) is 0 Å². The maximum absolute atomic E-state index is 6.19. The quantitative estimate of drug-likeness (QED) is 0.657. The van der Waals surface area contributed by atoms with Crippen LogP contribution in [0, 0.1) is 23.7 Å². The summed E-state index contributed by atoms with van der Waals surface area (Å²) < 4.78 is 6.19. The van der Waals surface area contributed by atoms with E-state index in [2.05, 4.69) is 41.5 Å². The molecule has 0 radical (unpaired) electrons. The Bertz CT molecular complexity index is 174. The highest BCUT2D eigenvalue weighted by Gasteiger charge is 2.39. The van der Waals surface area contributed by atoms with E-state index < -0.39 is 0 Å². The molecule has 1 heterocycles. The predicted octanol–water partition coefficient (Wildman–Crippen LogP) is 3.73. The molecular formula is C13H26O. The molecule has 1 fully saturated rings. The molecule has 1 nitrogen and oxygen atoms in total. The molecule has 0 spiro atoms. The van der Waals surface area contributed by atoms with E-state index in [0.29, 0.717) is 30.0 Å². The molecule has 1 aliphatic rings. The van der Waals surface area contributed by atoms with Crippen LogP contribution in [0.15, 0.2) is 0 Å². The highest BCUT2D eigenvalue weighted by molar-refractivity contribution is 4.86. The number of ether oxygens (including phenoxy) is 1. The Balaban J connectivity index is 2.73. The predicted molar refractivity (Wildman–Crippen MR) is 61.3 cm³/mol. The van der Waals surface area contributed by atoms with Gasteiger partial charge in [0.1, 0.15) is 0 Å². The molecule has 0 aromatic carbocycles. The summed E-state index contributed by atoms with van der Waals surface area (Å²) in [5.41, 5.74) is 0. The summed E-state index contributed by atoms with van der Waals surface area (Å²) in [5, 5.41) is 0. The van der Waals surface area contributed by atoms with Crippen LogP contribution in [0.1, 0.15) is 48.0 Å². The Morgan fingerprint density at radius 1 is 1.00 bits per heavy atom. The minimum Gasteiger partial charge on any atom is -0.374 e. The van der Waals surface area contributed by atoms with Gasteiger partial charge >= 0.3 is 0 Å². The zero-order valence-electron chi connectivity index (χ0n) is 10.6. The van der Waals surface area contributed by atoms with E-state index >= 15 is 0 Å². The summed E-state index contributed by atoms with van der Waals surface area (Å²) in [6, 6.07) is 0. The first-order chi connectivity index (χ1) is 6.49. The lowest BCUT2D eigenvalue weighted by Crippen LogP contribution is -2.46. The van der Waals surface area contributed by atoms with Crippen LogP contribution in [-0.4, -0.2) is 12.2 Å². The average Bonchev–Trinajstić information content (AvgIpc) is 2.14. The second kappa shape index (κ2) is 4.65. The van der Waals surface area contributed by atoms with E-state index in [1.54, 1.807) is 0 Å². The van der Waals surface area contributed by atoms with Crippen molar-refractivity contribution in [3.05, 3.63) is 0 Å². The molecule has 0 bridgehead atoms. The van der Waals surface area contributed by atoms with Gasteiger partial charge in [0.05, 0.1) is 12.2 Å². The highest BCUT2D eigenvalue weighted by Crippen LogP contribution is 2.38. The van der Waals surface area contributed by atoms with Gasteiger partial charge in [-0.3, -0.25) is 0 Å². The molecule has 1 heteroatoms. The van der Waals surface area contributed by atoms with Crippen molar-refractivity contribution in [2.75, 3.05) is 0 Å². The maximum atomic E-state index is 6.19. The summed E-state index contributed by atoms with van der Waals surface area (Å²) in [4.78, 5) is 0. The first-order valence-electron chi connectivity index (χ1n) is 6.14. The summed E-state index contributed by atoms with van der Waals surface area (Å²) in [6.07, 6.45) is 2.10. The molecule has 1 aliphatic heterocycles. The van der Waals surface area contributed by atoms with Crippen molar-refractivity contribution in [1.82, 2.24) is 0 Å². The Morgan fingerprint density at radius 2 is 1.57 bits per heavy atom. The van der Waals surface area contributed by atoms with Crippen molar-refractivity contribution in [3.8, 4) is 0 Å². The minimum absolute atomic E-state index is 0.464. The third kappa shape index (κ3) is 2.13. The van der Waals surface area contributed by atoms with Gasteiger partial charge in [0.25, 0.3) is 0 Å². The molecule has 1 rings (SSSR count). The molecule has 5 atom stereocenters. The fraction of sp³-hybridized carbons (Fsp3) is 1.00. The highest BCUT2D eigenvalue weighted by atomic mass is 16.5. The SMILES string of the molecule is CCC1O[C@H](C(C)C)C(C)[C@@H](C)[C@@H]1C. The van der Waals surface area contributed by atoms with Gasteiger partial charge in [0.15, 0.2) is 0 Å². The third-order valence-electron chi connectivity index (χ3n) is 4.15. The third-order valence-corrected chi connectivity index (χ3v) is 4.15. The lowest BCUT2D eigenvalue weighted by molar-refractivity contribution is -0.149. The Kier molecular flexibility index (Phi) is 4.00. The van der Waals surface area contributed by atoms with Crippen molar-refractivity contribution in [2.24, 2.45) is 23.7 Å². The van der Waals surface area contributed by atoms with Crippen LogP contribution in [0.5, 0.6) is 0 Å². The standard InChI is InChI=1S/C13H26O/c1-7-12-10(5)9(4)11(6)13(14-12)8(2)3/h8-13H,7H2,1-6H3/t9-,10-,11?,12?,13+/m0/s1. The first-order valence-corrected chi connectivity index (χ1v) is 6.14. The van der Waals surface area contributed by atoms with Gasteiger partial charge in [-0.05, 0) is 30.1 Å². The van der Waals surface area contributed by atoms with Gasteiger partial charge in [0.2, 0.25) is 0 Å². The largest absolute Gasteiger partial charge is 0.374 e. The van der Waals surface area contributed by atoms with Gasteiger partial charge in [-0.2, -0.15) is 0 Å². The zero-order valence-corrected chi connectivity index (χ0v) is 10.6. The summed E-state index contributed by atoms with van der Waals surface area (Å²) in [5.74, 6) is 2.85. The van der Waals surface area contributed by atoms with E-state index in [0.717, 1.165) is 12.3 Å². The fourth-order valence-electron chi connectivity index (χ4n) is 2.80. The van der Waals surface area contributed by atoms with Crippen molar-refractivity contribution in [2.45, 2.75) is 60.2 Å². The van der Waals surface area contributed by atoms with Crippen LogP contribution in [0.25, 0.3) is 0 Å². The minimum atomic E-state index is 0.464. The second-order valence-electron chi connectivity index (χ2n) is 5.37. The molecule has 0 aromatic rings. The van der Waals surface area contributed by atoms with Gasteiger partial charge in [-0.15, -0.1) is 0 Å². The maximum Gasteiger partial charge on any atom is 0.0630 e. The number of hydrogen-bond acceptors (Lipinski definition) is 1. The Labute approximate surface area is 89.2 Å². The van der Waals surface area contributed by atoms with E-state index in [4.69, 9.17) is 4.74 Å². The molecule has 0 aromatic heterocycles. The monoisotopic (exact) mass is 198 g/mol. The van der Waals surface area contributed by atoms with Crippen molar-refractivity contribution >= 4 is 0 Å². The smallest absolute Gasteiger partial charge is 0.0630 e. The topological polar surface area (TPSA) is 9.23 Å². The van der Waals surface area contributed by atoms with Gasteiger partial charge in [0, 0.05) is 0 Å². The van der Waals surface area contributed by atoms with Crippen LogP contribution in [-0.2, 0) is 4.74 Å². The molecular weight excluding hydrogens is 172 g/mol. The normalized spacial score (nSPS) is 44.4. The first kappa shape index (κ1) is 12.0. The van der Waals surface area contributed by atoms with Crippen LogP contribution >= 0.6 is 0 Å². The molecule has 0 amide bonds. The Morgan fingerprint density at radius 3 is 2.00 bits per heavy atom. The summed E-state index contributed by atoms with van der Waals surface area (Å²) in [6.45, 7) is 13.9. The van der Waals surface area contributed by atoms with Crippen LogP contribution in [0.3, 0.4) is 0 Å². The molecule has 1 saturated heterocycles. The zero-order chi connectivity index (χ0) is 10.9. The van der Waals surface area contributed by atoms with E-state index in [-0.39, 0.29) is 0 Å². The van der Waals surface area contributed by atoms with Crippen LogP contribution < -0.4 is 0 Å². The number of rotatable bonds is 2. The van der Waals surface area contributed by atoms with Gasteiger partial charge in [-0.25, -0.2) is 0 Å². The van der Waals surface area contributed by atoms with E-state index in [9.17, 15) is 0 Å². The molecule has 0 N–H and O–H groups in total. The van der Waals surface area contributed by atoms with Crippen LogP contribution in [0.2, 0.25) is 0 Å². The van der Waals surface area contributed by atoms with Crippen molar-refractivity contribution in [1.29, 1.82) is 0 Å². The molecule has 14 heavy (non-hydrogen) atoms. The van der Waals surface area contributed by atoms with Gasteiger partial charge in [-0.1, -0.05) is 41.5 Å². The summed E-state index contributed by atoms with van der Waals surface area (Å²) in [7, 11) is 0. The average molecular weight is 198 g/mol. The molecule has 0 aliphatic carbocycles. The Hall–Kier alpha value is -0.0400. The molecule has 0 saturated carbocycles.